The summed E-state index contributed by atoms with van der Waals surface area (Å²) >= 11 is 1.54. The molecule has 0 aliphatic heterocycles. The number of nitrogens with zero attached hydrogens (tertiary/aromatic N) is 6. The molecule has 26 heavy (non-hydrogen) atoms. The number of amides is 1. The first-order valence-electron chi connectivity index (χ1n) is 9.11. The lowest BCUT2D eigenvalue weighted by Gasteiger charge is -2.61. The van der Waals surface area contributed by atoms with Crippen molar-refractivity contribution in [2.75, 3.05) is 0 Å². The molecule has 4 bridgehead atoms. The Bertz CT molecular complexity index is 948. The number of tetrazole rings is 1. The Morgan fingerprint density at radius 2 is 2.12 bits per heavy atom. The molecule has 0 aromatic carbocycles. The minimum absolute atomic E-state index is 0.0652. The highest BCUT2D eigenvalue weighted by molar-refractivity contribution is 7.15. The Morgan fingerprint density at radius 1 is 1.27 bits per heavy atom. The van der Waals surface area contributed by atoms with Crippen molar-refractivity contribution in [3.8, 4) is 0 Å². The molecule has 4 aliphatic carbocycles. The number of fused-ring (bicyclic) bond motifs is 1. The summed E-state index contributed by atoms with van der Waals surface area (Å²) in [5.41, 5.74) is 0.231. The van der Waals surface area contributed by atoms with Crippen LogP contribution in [0.4, 0.5) is 0 Å². The molecule has 4 aliphatic rings. The second kappa shape index (κ2) is 4.91. The predicted molar refractivity (Wildman–Crippen MR) is 93.7 cm³/mol. The quantitative estimate of drug-likeness (QED) is 0.761. The summed E-state index contributed by atoms with van der Waals surface area (Å²) < 4.78 is 1.90. The van der Waals surface area contributed by atoms with E-state index in [-0.39, 0.29) is 17.0 Å². The van der Waals surface area contributed by atoms with E-state index in [2.05, 4.69) is 25.7 Å². The van der Waals surface area contributed by atoms with E-state index in [1.54, 1.807) is 0 Å². The first-order chi connectivity index (χ1) is 12.6. The van der Waals surface area contributed by atoms with Crippen molar-refractivity contribution in [2.45, 2.75) is 49.6 Å². The van der Waals surface area contributed by atoms with E-state index in [1.165, 1.54) is 24.1 Å². The number of hydrogen-bond donors (Lipinski definition) is 1. The maximum atomic E-state index is 13.0. The first-order valence-corrected chi connectivity index (χ1v) is 9.99. The van der Waals surface area contributed by atoms with Crippen LogP contribution in [-0.2, 0) is 5.54 Å². The largest absolute Gasteiger partial charge is 0.345 e. The van der Waals surface area contributed by atoms with Gasteiger partial charge in [-0.1, -0.05) is 0 Å². The summed E-state index contributed by atoms with van der Waals surface area (Å²) in [5.74, 6) is 1.17. The predicted octanol–water partition coefficient (Wildman–Crippen LogP) is 1.86. The summed E-state index contributed by atoms with van der Waals surface area (Å²) in [7, 11) is 0. The van der Waals surface area contributed by atoms with Gasteiger partial charge in [-0.3, -0.25) is 9.20 Å². The molecule has 4 fully saturated rings. The van der Waals surface area contributed by atoms with Crippen LogP contribution in [0.3, 0.4) is 0 Å². The zero-order valence-electron chi connectivity index (χ0n) is 14.2. The molecule has 134 valence electrons. The van der Waals surface area contributed by atoms with Crippen molar-refractivity contribution >= 4 is 22.2 Å². The molecule has 3 aromatic heterocycles. The van der Waals surface area contributed by atoms with Gasteiger partial charge < -0.3 is 5.32 Å². The third-order valence-electron chi connectivity index (χ3n) is 6.51. The van der Waals surface area contributed by atoms with Crippen LogP contribution < -0.4 is 5.32 Å². The number of thiazole rings is 1. The molecule has 8 nitrogen and oxygen atoms in total. The van der Waals surface area contributed by atoms with Crippen LogP contribution in [0.2, 0.25) is 0 Å². The van der Waals surface area contributed by atoms with Crippen LogP contribution in [0.15, 0.2) is 24.1 Å². The molecule has 1 amide bonds. The summed E-state index contributed by atoms with van der Waals surface area (Å²) in [6.07, 6.45) is 11.7. The fourth-order valence-corrected chi connectivity index (χ4v) is 6.82. The number of carbonyl (C=O) groups excluding carboxylic acids is 1. The Hall–Kier alpha value is -2.29. The van der Waals surface area contributed by atoms with Gasteiger partial charge in [-0.25, -0.2) is 4.98 Å². The first kappa shape index (κ1) is 14.8. The van der Waals surface area contributed by atoms with Crippen LogP contribution >= 0.6 is 11.3 Å². The topological polar surface area (TPSA) is 90.0 Å². The van der Waals surface area contributed by atoms with Gasteiger partial charge in [-0.15, -0.1) is 21.5 Å². The maximum Gasteiger partial charge on any atom is 0.271 e. The molecular formula is C17H19N7OS. The standard InChI is InChI=1S/C17H19N7OS/c25-14(13-8-23-1-2-26-15(23)20-13)21-16-4-11-3-12(5-16)7-17(6-11,9-16)24-19-10-18-22-24/h1-2,8,10-12H,3-7,9H2,(H,21,25)/t11-,12+,16?,17?. The lowest BCUT2D eigenvalue weighted by molar-refractivity contribution is -0.0810. The molecule has 0 spiro atoms. The molecule has 0 saturated heterocycles. The van der Waals surface area contributed by atoms with Crippen LogP contribution in [0, 0.1) is 11.8 Å². The van der Waals surface area contributed by atoms with E-state index in [0.717, 1.165) is 37.1 Å². The average molecular weight is 369 g/mol. The number of carbonyl (C=O) groups is 1. The van der Waals surface area contributed by atoms with Gasteiger partial charge in [0.05, 0.1) is 5.54 Å². The van der Waals surface area contributed by atoms with Crippen molar-refractivity contribution in [3.63, 3.8) is 0 Å². The van der Waals surface area contributed by atoms with E-state index in [1.807, 2.05) is 27.0 Å². The normalized spacial score (nSPS) is 35.2. The smallest absolute Gasteiger partial charge is 0.271 e. The Balaban J connectivity index is 1.33. The number of rotatable bonds is 3. The lowest BCUT2D eigenvalue weighted by atomic mass is 9.50. The maximum absolute atomic E-state index is 13.0. The second-order valence-corrected chi connectivity index (χ2v) is 9.24. The van der Waals surface area contributed by atoms with Gasteiger partial charge in [0.1, 0.15) is 5.69 Å². The minimum Gasteiger partial charge on any atom is -0.345 e. The molecule has 0 radical (unpaired) electrons. The van der Waals surface area contributed by atoms with Crippen LogP contribution in [0.5, 0.6) is 0 Å². The SMILES string of the molecule is O=C(NC12C[C@H]3C[C@@H](C1)CC(n1ncnn1)(C3)C2)c1cn2ccsc2n1. The van der Waals surface area contributed by atoms with E-state index >= 15 is 0 Å². The third-order valence-corrected chi connectivity index (χ3v) is 7.28. The second-order valence-electron chi connectivity index (χ2n) is 8.36. The van der Waals surface area contributed by atoms with Crippen molar-refractivity contribution < 1.29 is 4.79 Å². The fraction of sp³-hybridized carbons (Fsp3) is 0.588. The van der Waals surface area contributed by atoms with Gasteiger partial charge in [0, 0.05) is 23.3 Å². The minimum atomic E-state index is -0.175. The van der Waals surface area contributed by atoms with Gasteiger partial charge in [0.25, 0.3) is 5.91 Å². The summed E-state index contributed by atoms with van der Waals surface area (Å²) in [6, 6.07) is 0. The van der Waals surface area contributed by atoms with Crippen LogP contribution in [0.25, 0.3) is 4.96 Å². The van der Waals surface area contributed by atoms with Gasteiger partial charge in [0.15, 0.2) is 11.3 Å². The Kier molecular flexibility index (Phi) is 2.80. The number of aromatic nitrogens is 6. The highest BCUT2D eigenvalue weighted by Gasteiger charge is 2.60. The molecule has 7 rings (SSSR count). The molecule has 4 saturated carbocycles. The van der Waals surface area contributed by atoms with Gasteiger partial charge in [-0.2, -0.15) is 4.80 Å². The van der Waals surface area contributed by atoms with Gasteiger partial charge in [0.2, 0.25) is 0 Å². The number of nitrogens with one attached hydrogen (secondary N) is 1. The molecule has 2 unspecified atom stereocenters. The molecule has 3 aromatic rings. The van der Waals surface area contributed by atoms with E-state index in [9.17, 15) is 4.79 Å². The number of hydrogen-bond acceptors (Lipinski definition) is 6. The highest BCUT2D eigenvalue weighted by Crippen LogP contribution is 2.60. The Labute approximate surface area is 153 Å². The van der Waals surface area contributed by atoms with Crippen molar-refractivity contribution in [3.05, 3.63) is 29.8 Å². The summed E-state index contributed by atoms with van der Waals surface area (Å²) in [4.78, 5) is 20.1. The molecular weight excluding hydrogens is 350 g/mol. The molecule has 3 heterocycles. The number of imidazole rings is 1. The Morgan fingerprint density at radius 3 is 2.85 bits per heavy atom. The molecule has 4 atom stereocenters. The zero-order chi connectivity index (χ0) is 17.4. The van der Waals surface area contributed by atoms with Crippen molar-refractivity contribution in [2.24, 2.45) is 11.8 Å². The van der Waals surface area contributed by atoms with E-state index in [0.29, 0.717) is 17.5 Å². The molecule has 1 N–H and O–H groups in total. The summed E-state index contributed by atoms with van der Waals surface area (Å²) in [6.45, 7) is 0. The highest BCUT2D eigenvalue weighted by atomic mass is 32.1. The van der Waals surface area contributed by atoms with Crippen LogP contribution in [0.1, 0.15) is 49.0 Å². The van der Waals surface area contributed by atoms with Crippen LogP contribution in [-0.4, -0.2) is 41.0 Å². The zero-order valence-corrected chi connectivity index (χ0v) is 15.0. The van der Waals surface area contributed by atoms with Crippen molar-refractivity contribution in [1.82, 2.24) is 34.9 Å². The van der Waals surface area contributed by atoms with Gasteiger partial charge in [-0.05, 0) is 55.6 Å². The fourth-order valence-electron chi connectivity index (χ4n) is 6.12. The summed E-state index contributed by atoms with van der Waals surface area (Å²) in [5, 5.41) is 17.9. The van der Waals surface area contributed by atoms with Crippen molar-refractivity contribution in [1.29, 1.82) is 0 Å². The lowest BCUT2D eigenvalue weighted by Crippen LogP contribution is -2.66. The monoisotopic (exact) mass is 369 g/mol. The van der Waals surface area contributed by atoms with E-state index < -0.39 is 0 Å². The average Bonchev–Trinajstić information content (AvgIpc) is 3.30. The van der Waals surface area contributed by atoms with E-state index in [4.69, 9.17) is 0 Å². The van der Waals surface area contributed by atoms with Gasteiger partial charge >= 0.3 is 0 Å². The third kappa shape index (κ3) is 2.03. The molecule has 9 heteroatoms.